The van der Waals surface area contributed by atoms with E-state index in [-0.39, 0.29) is 5.92 Å². The van der Waals surface area contributed by atoms with Gasteiger partial charge < -0.3 is 4.79 Å². The molecule has 0 aromatic heterocycles. The average Bonchev–Trinajstić information content (AvgIpc) is 2.81. The molecule has 1 nitrogen and oxygen atoms in total. The van der Waals surface area contributed by atoms with Gasteiger partial charge in [-0.25, -0.2) is 0 Å². The van der Waals surface area contributed by atoms with E-state index in [9.17, 15) is 4.79 Å². The summed E-state index contributed by atoms with van der Waals surface area (Å²) in [5.41, 5.74) is 7.14. The van der Waals surface area contributed by atoms with Gasteiger partial charge in [0.2, 0.25) is 0 Å². The van der Waals surface area contributed by atoms with Crippen LogP contribution in [0.5, 0.6) is 0 Å². The van der Waals surface area contributed by atoms with Crippen LogP contribution < -0.4 is 0 Å². The second kappa shape index (κ2) is 9.16. The summed E-state index contributed by atoms with van der Waals surface area (Å²) in [6.45, 7) is 0. The fourth-order valence-electron chi connectivity index (χ4n) is 3.95. The summed E-state index contributed by atoms with van der Waals surface area (Å²) in [5, 5.41) is 0. The number of rotatable bonds is 7. The Kier molecular flexibility index (Phi) is 5.97. The van der Waals surface area contributed by atoms with Gasteiger partial charge in [-0.15, -0.1) is 0 Å². The minimum absolute atomic E-state index is 0.129. The van der Waals surface area contributed by atoms with E-state index in [1.54, 1.807) is 0 Å². The molecule has 1 unspecified atom stereocenters. The Hall–Kier alpha value is -3.45. The van der Waals surface area contributed by atoms with E-state index in [0.717, 1.165) is 35.8 Å². The third-order valence-electron chi connectivity index (χ3n) is 5.44. The van der Waals surface area contributed by atoms with Crippen molar-refractivity contribution in [2.45, 2.75) is 18.8 Å². The standard InChI is InChI=1S/C28H24O/c29-21-25(28-18-10-9-17-27(28)23-13-5-2-6-14-23)20-19-24-15-7-8-16-26(24)22-11-3-1-4-12-22/h1-18,21,25H,19-20H2. The molecule has 0 N–H and O–H groups in total. The molecule has 0 saturated heterocycles. The van der Waals surface area contributed by atoms with Crippen molar-refractivity contribution in [3.05, 3.63) is 120 Å². The highest BCUT2D eigenvalue weighted by molar-refractivity contribution is 5.74. The summed E-state index contributed by atoms with van der Waals surface area (Å²) in [7, 11) is 0. The SMILES string of the molecule is O=CC(CCc1ccccc1-c1ccccc1)c1ccccc1-c1ccccc1. The highest BCUT2D eigenvalue weighted by atomic mass is 16.1. The first-order valence-electron chi connectivity index (χ1n) is 10.1. The molecule has 4 aromatic carbocycles. The first kappa shape index (κ1) is 18.9. The molecule has 0 saturated carbocycles. The van der Waals surface area contributed by atoms with E-state index in [2.05, 4.69) is 72.8 Å². The number of hydrogen-bond acceptors (Lipinski definition) is 1. The molecule has 1 atom stereocenters. The Labute approximate surface area is 172 Å². The van der Waals surface area contributed by atoms with E-state index in [0.29, 0.717) is 0 Å². The van der Waals surface area contributed by atoms with Crippen LogP contribution in [0.2, 0.25) is 0 Å². The molecule has 0 aliphatic rings. The van der Waals surface area contributed by atoms with Crippen molar-refractivity contribution in [2.24, 2.45) is 0 Å². The quantitative estimate of drug-likeness (QED) is 0.319. The molecule has 0 bridgehead atoms. The van der Waals surface area contributed by atoms with Gasteiger partial charge in [-0.1, -0.05) is 109 Å². The number of aldehydes is 1. The molecule has 0 amide bonds. The van der Waals surface area contributed by atoms with Crippen LogP contribution in [0.3, 0.4) is 0 Å². The predicted octanol–water partition coefficient (Wildman–Crippen LogP) is 6.94. The lowest BCUT2D eigenvalue weighted by Gasteiger charge is -2.17. The second-order valence-electron chi connectivity index (χ2n) is 7.26. The van der Waals surface area contributed by atoms with Crippen LogP contribution in [-0.2, 0) is 11.2 Å². The summed E-state index contributed by atoms with van der Waals surface area (Å²) in [4.78, 5) is 12.1. The Bertz CT molecular complexity index is 1070. The predicted molar refractivity (Wildman–Crippen MR) is 121 cm³/mol. The maximum Gasteiger partial charge on any atom is 0.127 e. The van der Waals surface area contributed by atoms with Gasteiger partial charge in [0.15, 0.2) is 0 Å². The third-order valence-corrected chi connectivity index (χ3v) is 5.44. The summed E-state index contributed by atoms with van der Waals surface area (Å²) in [6, 6.07) is 37.5. The number of aryl methyl sites for hydroxylation is 1. The molecule has 142 valence electrons. The van der Waals surface area contributed by atoms with Gasteiger partial charge in [-0.3, -0.25) is 0 Å². The van der Waals surface area contributed by atoms with Gasteiger partial charge in [-0.2, -0.15) is 0 Å². The van der Waals surface area contributed by atoms with Crippen LogP contribution in [-0.4, -0.2) is 6.29 Å². The van der Waals surface area contributed by atoms with Crippen molar-refractivity contribution in [1.29, 1.82) is 0 Å². The highest BCUT2D eigenvalue weighted by Crippen LogP contribution is 2.32. The van der Waals surface area contributed by atoms with E-state index in [4.69, 9.17) is 0 Å². The number of carbonyl (C=O) groups is 1. The van der Waals surface area contributed by atoms with Crippen molar-refractivity contribution >= 4 is 6.29 Å². The van der Waals surface area contributed by atoms with Crippen molar-refractivity contribution in [2.75, 3.05) is 0 Å². The van der Waals surface area contributed by atoms with E-state index >= 15 is 0 Å². The molecule has 0 spiro atoms. The third kappa shape index (κ3) is 4.35. The molecular weight excluding hydrogens is 352 g/mol. The first-order chi connectivity index (χ1) is 14.4. The largest absolute Gasteiger partial charge is 0.303 e. The van der Waals surface area contributed by atoms with Crippen LogP contribution in [0.25, 0.3) is 22.3 Å². The molecule has 1 heteroatoms. The lowest BCUT2D eigenvalue weighted by atomic mass is 9.86. The Morgan fingerprint density at radius 2 is 1.10 bits per heavy atom. The zero-order chi connectivity index (χ0) is 19.9. The van der Waals surface area contributed by atoms with Gasteiger partial charge in [0.25, 0.3) is 0 Å². The Morgan fingerprint density at radius 3 is 1.76 bits per heavy atom. The normalized spacial score (nSPS) is 11.7. The summed E-state index contributed by atoms with van der Waals surface area (Å²) in [5.74, 6) is -0.129. The van der Waals surface area contributed by atoms with Crippen LogP contribution in [0.4, 0.5) is 0 Å². The summed E-state index contributed by atoms with van der Waals surface area (Å²) in [6.07, 6.45) is 2.75. The monoisotopic (exact) mass is 376 g/mol. The van der Waals surface area contributed by atoms with Gasteiger partial charge in [0, 0.05) is 5.92 Å². The van der Waals surface area contributed by atoms with Crippen LogP contribution in [0.15, 0.2) is 109 Å². The van der Waals surface area contributed by atoms with Gasteiger partial charge >= 0.3 is 0 Å². The molecule has 0 radical (unpaired) electrons. The fourth-order valence-corrected chi connectivity index (χ4v) is 3.95. The molecule has 0 heterocycles. The zero-order valence-electron chi connectivity index (χ0n) is 16.4. The van der Waals surface area contributed by atoms with E-state index < -0.39 is 0 Å². The zero-order valence-corrected chi connectivity index (χ0v) is 16.4. The van der Waals surface area contributed by atoms with Crippen molar-refractivity contribution in [1.82, 2.24) is 0 Å². The van der Waals surface area contributed by atoms with Gasteiger partial charge in [0.1, 0.15) is 6.29 Å². The lowest BCUT2D eigenvalue weighted by Crippen LogP contribution is -2.05. The minimum atomic E-state index is -0.129. The topological polar surface area (TPSA) is 17.1 Å². The average molecular weight is 376 g/mol. The second-order valence-corrected chi connectivity index (χ2v) is 7.26. The lowest BCUT2D eigenvalue weighted by molar-refractivity contribution is -0.109. The number of carbonyl (C=O) groups excluding carboxylic acids is 1. The molecule has 0 aliphatic heterocycles. The van der Waals surface area contributed by atoms with E-state index in [1.807, 2.05) is 36.4 Å². The number of hydrogen-bond donors (Lipinski definition) is 0. The van der Waals surface area contributed by atoms with Gasteiger partial charge in [-0.05, 0) is 46.2 Å². The van der Waals surface area contributed by atoms with Crippen molar-refractivity contribution < 1.29 is 4.79 Å². The van der Waals surface area contributed by atoms with Crippen LogP contribution in [0, 0.1) is 0 Å². The summed E-state index contributed by atoms with van der Waals surface area (Å²) < 4.78 is 0. The smallest absolute Gasteiger partial charge is 0.127 e. The van der Waals surface area contributed by atoms with Crippen LogP contribution >= 0.6 is 0 Å². The fraction of sp³-hybridized carbons (Fsp3) is 0.107. The molecule has 29 heavy (non-hydrogen) atoms. The maximum atomic E-state index is 12.1. The molecule has 0 aliphatic carbocycles. The van der Waals surface area contributed by atoms with Gasteiger partial charge in [0.05, 0.1) is 0 Å². The molecule has 4 rings (SSSR count). The van der Waals surface area contributed by atoms with Crippen molar-refractivity contribution in [3.63, 3.8) is 0 Å². The molecular formula is C28H24O. The molecule has 0 fully saturated rings. The maximum absolute atomic E-state index is 12.1. The Morgan fingerprint density at radius 1 is 0.586 bits per heavy atom. The first-order valence-corrected chi connectivity index (χ1v) is 10.1. The van der Waals surface area contributed by atoms with Crippen molar-refractivity contribution in [3.8, 4) is 22.3 Å². The highest BCUT2D eigenvalue weighted by Gasteiger charge is 2.16. The summed E-state index contributed by atoms with van der Waals surface area (Å²) >= 11 is 0. The number of benzene rings is 4. The Balaban J connectivity index is 1.61. The minimum Gasteiger partial charge on any atom is -0.303 e. The van der Waals surface area contributed by atoms with E-state index in [1.165, 1.54) is 16.7 Å². The van der Waals surface area contributed by atoms with Crippen LogP contribution in [0.1, 0.15) is 23.5 Å². The molecule has 4 aromatic rings.